The second-order valence-corrected chi connectivity index (χ2v) is 5.78. The zero-order chi connectivity index (χ0) is 17.2. The van der Waals surface area contributed by atoms with E-state index in [1.54, 1.807) is 18.2 Å². The van der Waals surface area contributed by atoms with Crippen molar-refractivity contribution in [2.45, 2.75) is 6.42 Å². The number of pyridine rings is 1. The van der Waals surface area contributed by atoms with Crippen molar-refractivity contribution in [3.05, 3.63) is 76.3 Å². The fourth-order valence-corrected chi connectivity index (χ4v) is 2.85. The lowest BCUT2D eigenvalue weighted by atomic mass is 10.1. The number of carbonyl (C=O) groups excluding carboxylic acids is 1. The molecule has 2 aromatic carbocycles. The summed E-state index contributed by atoms with van der Waals surface area (Å²) in [6.45, 7) is 0.394. The summed E-state index contributed by atoms with van der Waals surface area (Å²) in [5, 5.41) is 3.29. The number of hydrogen-bond donors (Lipinski definition) is 3. The number of H-pyrrole nitrogens is 2. The van der Waals surface area contributed by atoms with Crippen molar-refractivity contribution in [1.29, 1.82) is 0 Å². The fraction of sp³-hybridized carbons (Fsp3) is 0.105. The molecule has 0 atom stereocenters. The molecule has 6 nitrogen and oxygen atoms in total. The average Bonchev–Trinajstić information content (AvgIpc) is 3.05. The van der Waals surface area contributed by atoms with Crippen molar-refractivity contribution < 1.29 is 4.79 Å². The minimum Gasteiger partial charge on any atom is -0.360 e. The summed E-state index contributed by atoms with van der Waals surface area (Å²) in [5.41, 5.74) is 2.43. The molecule has 4 aromatic rings. The van der Waals surface area contributed by atoms with Crippen LogP contribution >= 0.6 is 0 Å². The largest absolute Gasteiger partial charge is 0.360 e. The first kappa shape index (κ1) is 15.1. The van der Waals surface area contributed by atoms with Gasteiger partial charge >= 0.3 is 0 Å². The van der Waals surface area contributed by atoms with Crippen molar-refractivity contribution in [3.8, 4) is 0 Å². The second-order valence-electron chi connectivity index (χ2n) is 5.78. The van der Waals surface area contributed by atoms with Gasteiger partial charge in [-0.1, -0.05) is 24.3 Å². The van der Waals surface area contributed by atoms with Gasteiger partial charge in [-0.3, -0.25) is 9.59 Å². The number of benzene rings is 2. The molecule has 0 radical (unpaired) electrons. The SMILES string of the molecule is O=C(NCCc1nc2ccccc2[nH]1)c1c[nH]c2ccccc2c1=O. The zero-order valence-electron chi connectivity index (χ0n) is 13.4. The lowest BCUT2D eigenvalue weighted by Gasteiger charge is -2.05. The van der Waals surface area contributed by atoms with Crippen LogP contribution in [0.3, 0.4) is 0 Å². The molecule has 0 saturated carbocycles. The van der Waals surface area contributed by atoms with Crippen molar-refractivity contribution >= 4 is 27.8 Å². The van der Waals surface area contributed by atoms with Crippen LogP contribution in [0.15, 0.2) is 59.5 Å². The Hall–Kier alpha value is -3.41. The molecule has 6 heteroatoms. The molecule has 1 amide bonds. The van der Waals surface area contributed by atoms with Gasteiger partial charge in [-0.15, -0.1) is 0 Å². The van der Waals surface area contributed by atoms with E-state index in [9.17, 15) is 9.59 Å². The summed E-state index contributed by atoms with van der Waals surface area (Å²) in [5.74, 6) is 0.414. The van der Waals surface area contributed by atoms with E-state index in [1.165, 1.54) is 6.20 Å². The Labute approximate surface area is 142 Å². The van der Waals surface area contributed by atoms with Crippen molar-refractivity contribution in [3.63, 3.8) is 0 Å². The van der Waals surface area contributed by atoms with Gasteiger partial charge in [0.2, 0.25) is 5.43 Å². The quantitative estimate of drug-likeness (QED) is 0.536. The third-order valence-corrected chi connectivity index (χ3v) is 4.12. The Morgan fingerprint density at radius 2 is 1.80 bits per heavy atom. The Balaban J connectivity index is 1.47. The molecule has 0 spiro atoms. The molecule has 2 heterocycles. The molecular formula is C19H16N4O2. The predicted octanol–water partition coefficient (Wildman–Crippen LogP) is 2.38. The van der Waals surface area contributed by atoms with Crippen LogP contribution in [-0.4, -0.2) is 27.4 Å². The van der Waals surface area contributed by atoms with E-state index in [2.05, 4.69) is 20.3 Å². The average molecular weight is 332 g/mol. The molecule has 3 N–H and O–H groups in total. The lowest BCUT2D eigenvalue weighted by Crippen LogP contribution is -2.30. The number of carbonyl (C=O) groups is 1. The monoisotopic (exact) mass is 332 g/mol. The van der Waals surface area contributed by atoms with Gasteiger partial charge in [0, 0.05) is 30.1 Å². The van der Waals surface area contributed by atoms with E-state index in [0.717, 1.165) is 16.9 Å². The van der Waals surface area contributed by atoms with Crippen LogP contribution in [0.25, 0.3) is 21.9 Å². The molecule has 0 unspecified atom stereocenters. The normalized spacial score (nSPS) is 11.0. The highest BCUT2D eigenvalue weighted by atomic mass is 16.2. The van der Waals surface area contributed by atoms with Crippen molar-refractivity contribution in [1.82, 2.24) is 20.3 Å². The molecular weight excluding hydrogens is 316 g/mol. The highest BCUT2D eigenvalue weighted by Crippen LogP contribution is 2.10. The molecule has 0 aliphatic rings. The van der Waals surface area contributed by atoms with E-state index in [-0.39, 0.29) is 16.9 Å². The van der Waals surface area contributed by atoms with Crippen LogP contribution in [0.2, 0.25) is 0 Å². The van der Waals surface area contributed by atoms with Gasteiger partial charge in [0.25, 0.3) is 5.91 Å². The van der Waals surface area contributed by atoms with Gasteiger partial charge in [-0.25, -0.2) is 4.98 Å². The summed E-state index contributed by atoms with van der Waals surface area (Å²) in [4.78, 5) is 35.4. The van der Waals surface area contributed by atoms with Gasteiger partial charge in [-0.2, -0.15) is 0 Å². The third-order valence-electron chi connectivity index (χ3n) is 4.12. The second kappa shape index (κ2) is 6.24. The summed E-state index contributed by atoms with van der Waals surface area (Å²) in [7, 11) is 0. The number of aromatic nitrogens is 3. The summed E-state index contributed by atoms with van der Waals surface area (Å²) >= 11 is 0. The first-order valence-corrected chi connectivity index (χ1v) is 8.04. The standard InChI is InChI=1S/C19H16N4O2/c24-18-12-5-1-2-6-14(12)21-11-13(18)19(25)20-10-9-17-22-15-7-3-4-8-16(15)23-17/h1-8,11H,9-10H2,(H,20,25)(H,21,24)(H,22,23). The Bertz CT molecular complexity index is 1090. The lowest BCUT2D eigenvalue weighted by molar-refractivity contribution is 0.0953. The van der Waals surface area contributed by atoms with Crippen LogP contribution in [0, 0.1) is 0 Å². The number of para-hydroxylation sites is 3. The summed E-state index contributed by atoms with van der Waals surface area (Å²) in [6.07, 6.45) is 2.02. The maximum Gasteiger partial charge on any atom is 0.256 e. The first-order chi connectivity index (χ1) is 12.2. The molecule has 0 aliphatic heterocycles. The van der Waals surface area contributed by atoms with E-state index in [4.69, 9.17) is 0 Å². The molecule has 2 aromatic heterocycles. The number of nitrogens with zero attached hydrogens (tertiary/aromatic N) is 1. The summed E-state index contributed by atoms with van der Waals surface area (Å²) < 4.78 is 0. The number of rotatable bonds is 4. The van der Waals surface area contributed by atoms with Crippen LogP contribution in [0.5, 0.6) is 0 Å². The maximum atomic E-state index is 12.4. The van der Waals surface area contributed by atoms with Gasteiger partial charge in [0.15, 0.2) is 0 Å². The molecule has 124 valence electrons. The van der Waals surface area contributed by atoms with Crippen molar-refractivity contribution in [2.75, 3.05) is 6.54 Å². The third kappa shape index (κ3) is 2.89. The van der Waals surface area contributed by atoms with Gasteiger partial charge in [0.05, 0.1) is 11.0 Å². The Kier molecular flexibility index (Phi) is 3.78. The van der Waals surface area contributed by atoms with Crippen LogP contribution in [0.4, 0.5) is 0 Å². The van der Waals surface area contributed by atoms with Gasteiger partial charge in [0.1, 0.15) is 11.4 Å². The van der Waals surface area contributed by atoms with Crippen LogP contribution in [-0.2, 0) is 6.42 Å². The zero-order valence-corrected chi connectivity index (χ0v) is 13.4. The minimum absolute atomic E-state index is 0.114. The van der Waals surface area contributed by atoms with Crippen LogP contribution < -0.4 is 10.7 Å². The highest BCUT2D eigenvalue weighted by Gasteiger charge is 2.12. The number of aromatic amines is 2. The predicted molar refractivity (Wildman–Crippen MR) is 96.7 cm³/mol. The number of nitrogens with one attached hydrogen (secondary N) is 3. The van der Waals surface area contributed by atoms with E-state index < -0.39 is 0 Å². The smallest absolute Gasteiger partial charge is 0.256 e. The van der Waals surface area contributed by atoms with Crippen molar-refractivity contribution in [2.24, 2.45) is 0 Å². The minimum atomic E-state index is -0.386. The molecule has 25 heavy (non-hydrogen) atoms. The van der Waals surface area contributed by atoms with Crippen LogP contribution in [0.1, 0.15) is 16.2 Å². The summed E-state index contributed by atoms with van der Waals surface area (Å²) in [6, 6.07) is 14.9. The number of fused-ring (bicyclic) bond motifs is 2. The van der Waals surface area contributed by atoms with Gasteiger partial charge < -0.3 is 15.3 Å². The molecule has 0 saturated heterocycles. The topological polar surface area (TPSA) is 90.6 Å². The van der Waals surface area contributed by atoms with E-state index >= 15 is 0 Å². The Morgan fingerprint density at radius 1 is 1.04 bits per heavy atom. The fourth-order valence-electron chi connectivity index (χ4n) is 2.85. The molecule has 4 rings (SSSR count). The molecule has 0 fully saturated rings. The number of amides is 1. The van der Waals surface area contributed by atoms with E-state index in [1.807, 2.05) is 30.3 Å². The maximum absolute atomic E-state index is 12.4. The highest BCUT2D eigenvalue weighted by molar-refractivity contribution is 5.97. The Morgan fingerprint density at radius 3 is 2.64 bits per heavy atom. The van der Waals surface area contributed by atoms with E-state index in [0.29, 0.717) is 23.9 Å². The first-order valence-electron chi connectivity index (χ1n) is 8.04. The number of imidazole rings is 1. The molecule has 0 bridgehead atoms. The molecule has 0 aliphatic carbocycles. The van der Waals surface area contributed by atoms with Gasteiger partial charge in [-0.05, 0) is 24.3 Å². The number of hydrogen-bond acceptors (Lipinski definition) is 3.